The zero-order valence-electron chi connectivity index (χ0n) is 15.9. The number of hydrogen-bond donors (Lipinski definition) is 2. The molecule has 1 atom stereocenters. The van der Waals surface area contributed by atoms with Gasteiger partial charge in [-0.3, -0.25) is 9.52 Å². The lowest BCUT2D eigenvalue weighted by atomic mass is 10.2. The first-order valence-corrected chi connectivity index (χ1v) is 10.3. The highest BCUT2D eigenvalue weighted by Crippen LogP contribution is 2.14. The molecule has 0 saturated heterocycles. The van der Waals surface area contributed by atoms with Crippen molar-refractivity contribution in [2.24, 2.45) is 0 Å². The largest absolute Gasteiger partial charge is 0.449 e. The van der Waals surface area contributed by atoms with Crippen LogP contribution in [0.2, 0.25) is 0 Å². The highest BCUT2D eigenvalue weighted by Gasteiger charge is 2.18. The minimum atomic E-state index is -3.71. The van der Waals surface area contributed by atoms with Crippen LogP contribution in [0.3, 0.4) is 0 Å². The number of benzene rings is 2. The number of esters is 1. The van der Waals surface area contributed by atoms with E-state index in [1.807, 2.05) is 18.2 Å². The van der Waals surface area contributed by atoms with Crippen LogP contribution in [0.15, 0.2) is 72.7 Å². The Morgan fingerprint density at radius 2 is 1.76 bits per heavy atom. The summed E-state index contributed by atoms with van der Waals surface area (Å²) in [6.45, 7) is 5.21. The maximum Gasteiger partial charge on any atom is 0.338 e. The standard InChI is InChI=1S/C21H22N2O5S/c1-3-14-22-20(24)16(2)28-21(25)18-9-11-19(12-10-18)23-29(26,27)15-13-17-7-5-4-6-8-17/h3-13,15-16,23H,1,14H2,2H3,(H,22,24)/b15-13+/t16-/m0/s1. The molecular weight excluding hydrogens is 392 g/mol. The second kappa shape index (κ2) is 10.2. The Bertz CT molecular complexity index is 983. The summed E-state index contributed by atoms with van der Waals surface area (Å²) in [4.78, 5) is 23.8. The SMILES string of the molecule is C=CCNC(=O)[C@H](C)OC(=O)c1ccc(NS(=O)(=O)/C=C/c2ccccc2)cc1. The Labute approximate surface area is 170 Å². The lowest BCUT2D eigenvalue weighted by Gasteiger charge is -2.13. The predicted molar refractivity (Wildman–Crippen MR) is 113 cm³/mol. The Morgan fingerprint density at radius 3 is 2.38 bits per heavy atom. The average molecular weight is 414 g/mol. The monoisotopic (exact) mass is 414 g/mol. The maximum atomic E-state index is 12.2. The number of anilines is 1. The Hall–Kier alpha value is -3.39. The summed E-state index contributed by atoms with van der Waals surface area (Å²) >= 11 is 0. The van der Waals surface area contributed by atoms with Crippen LogP contribution in [-0.2, 0) is 19.6 Å². The molecule has 0 bridgehead atoms. The van der Waals surface area contributed by atoms with Crippen LogP contribution in [0, 0.1) is 0 Å². The van der Waals surface area contributed by atoms with Gasteiger partial charge in [0.05, 0.1) is 11.0 Å². The van der Waals surface area contributed by atoms with E-state index in [0.717, 1.165) is 11.0 Å². The van der Waals surface area contributed by atoms with Crippen LogP contribution in [0.1, 0.15) is 22.8 Å². The molecule has 7 nitrogen and oxygen atoms in total. The fourth-order valence-electron chi connectivity index (χ4n) is 2.20. The van der Waals surface area contributed by atoms with Crippen molar-refractivity contribution in [3.05, 3.63) is 83.8 Å². The van der Waals surface area contributed by atoms with Gasteiger partial charge in [-0.2, -0.15) is 0 Å². The number of carbonyl (C=O) groups is 2. The first kappa shape index (κ1) is 21.9. The van der Waals surface area contributed by atoms with E-state index >= 15 is 0 Å². The van der Waals surface area contributed by atoms with E-state index in [-0.39, 0.29) is 17.8 Å². The molecule has 8 heteroatoms. The summed E-state index contributed by atoms with van der Waals surface area (Å²) < 4.78 is 31.8. The molecule has 0 unspecified atom stereocenters. The highest BCUT2D eigenvalue weighted by atomic mass is 32.2. The molecule has 0 spiro atoms. The van der Waals surface area contributed by atoms with Crippen LogP contribution in [0.25, 0.3) is 6.08 Å². The van der Waals surface area contributed by atoms with Crippen molar-refractivity contribution in [1.82, 2.24) is 5.32 Å². The zero-order chi connectivity index (χ0) is 21.3. The number of rotatable bonds is 9. The van der Waals surface area contributed by atoms with Crippen molar-refractivity contribution in [2.45, 2.75) is 13.0 Å². The summed E-state index contributed by atoms with van der Waals surface area (Å²) in [6.07, 6.45) is 2.03. The Balaban J connectivity index is 1.97. The van der Waals surface area contributed by atoms with Gasteiger partial charge in [-0.1, -0.05) is 36.4 Å². The van der Waals surface area contributed by atoms with Crippen LogP contribution in [0.4, 0.5) is 5.69 Å². The van der Waals surface area contributed by atoms with Crippen molar-refractivity contribution in [2.75, 3.05) is 11.3 Å². The molecule has 2 aromatic rings. The van der Waals surface area contributed by atoms with E-state index < -0.39 is 28.0 Å². The van der Waals surface area contributed by atoms with Gasteiger partial charge in [0, 0.05) is 12.2 Å². The zero-order valence-corrected chi connectivity index (χ0v) is 16.7. The predicted octanol–water partition coefficient (Wildman–Crippen LogP) is 2.95. The minimum Gasteiger partial charge on any atom is -0.449 e. The number of carbonyl (C=O) groups excluding carboxylic acids is 2. The fourth-order valence-corrected chi connectivity index (χ4v) is 3.07. The van der Waals surface area contributed by atoms with E-state index in [0.29, 0.717) is 0 Å². The Kier molecular flexibility index (Phi) is 7.73. The first-order chi connectivity index (χ1) is 13.8. The number of nitrogens with one attached hydrogen (secondary N) is 2. The molecule has 0 heterocycles. The van der Waals surface area contributed by atoms with E-state index in [1.54, 1.807) is 12.1 Å². The van der Waals surface area contributed by atoms with Gasteiger partial charge in [-0.25, -0.2) is 13.2 Å². The van der Waals surface area contributed by atoms with Gasteiger partial charge in [0.1, 0.15) is 0 Å². The van der Waals surface area contributed by atoms with E-state index in [1.165, 1.54) is 43.3 Å². The molecule has 2 N–H and O–H groups in total. The molecule has 29 heavy (non-hydrogen) atoms. The van der Waals surface area contributed by atoms with Crippen LogP contribution in [-0.4, -0.2) is 32.9 Å². The second-order valence-electron chi connectivity index (χ2n) is 6.02. The van der Waals surface area contributed by atoms with Crippen LogP contribution < -0.4 is 10.0 Å². The van der Waals surface area contributed by atoms with Crippen molar-refractivity contribution < 1.29 is 22.7 Å². The lowest BCUT2D eigenvalue weighted by molar-refractivity contribution is -0.128. The molecule has 0 radical (unpaired) electrons. The van der Waals surface area contributed by atoms with E-state index in [2.05, 4.69) is 16.6 Å². The smallest absolute Gasteiger partial charge is 0.338 e. The molecule has 0 aromatic heterocycles. The van der Waals surface area contributed by atoms with Gasteiger partial charge < -0.3 is 10.1 Å². The van der Waals surface area contributed by atoms with E-state index in [4.69, 9.17) is 4.74 Å². The van der Waals surface area contributed by atoms with Crippen molar-refractivity contribution in [3.63, 3.8) is 0 Å². The fraction of sp³-hybridized carbons (Fsp3) is 0.143. The average Bonchev–Trinajstić information content (AvgIpc) is 2.71. The molecule has 0 aliphatic heterocycles. The highest BCUT2D eigenvalue weighted by molar-refractivity contribution is 7.95. The molecule has 1 amide bonds. The quantitative estimate of drug-likeness (QED) is 0.485. The number of sulfonamides is 1. The summed E-state index contributed by atoms with van der Waals surface area (Å²) in [5, 5.41) is 3.59. The molecule has 0 aliphatic carbocycles. The number of amides is 1. The second-order valence-corrected chi connectivity index (χ2v) is 7.59. The molecule has 0 aliphatic rings. The van der Waals surface area contributed by atoms with Crippen LogP contribution >= 0.6 is 0 Å². The molecule has 0 saturated carbocycles. The molecular formula is C21H22N2O5S. The molecule has 2 aromatic carbocycles. The molecule has 2 rings (SSSR count). The van der Waals surface area contributed by atoms with Crippen LogP contribution in [0.5, 0.6) is 0 Å². The lowest BCUT2D eigenvalue weighted by Crippen LogP contribution is -2.35. The summed E-state index contributed by atoms with van der Waals surface area (Å²) in [5.41, 5.74) is 1.23. The number of hydrogen-bond acceptors (Lipinski definition) is 5. The van der Waals surface area contributed by atoms with E-state index in [9.17, 15) is 18.0 Å². The van der Waals surface area contributed by atoms with Gasteiger partial charge >= 0.3 is 5.97 Å². The summed E-state index contributed by atoms with van der Waals surface area (Å²) in [7, 11) is -3.71. The van der Waals surface area contributed by atoms with Gasteiger partial charge in [0.2, 0.25) is 0 Å². The third-order valence-electron chi connectivity index (χ3n) is 3.69. The maximum absolute atomic E-state index is 12.2. The van der Waals surface area contributed by atoms with Gasteiger partial charge in [-0.05, 0) is 42.8 Å². The summed E-state index contributed by atoms with van der Waals surface area (Å²) in [5.74, 6) is -1.13. The third-order valence-corrected chi connectivity index (χ3v) is 4.71. The third kappa shape index (κ3) is 7.27. The normalized spacial score (nSPS) is 12.2. The summed E-state index contributed by atoms with van der Waals surface area (Å²) in [6, 6.07) is 14.7. The number of ether oxygens (including phenoxy) is 1. The first-order valence-electron chi connectivity index (χ1n) is 8.76. The van der Waals surface area contributed by atoms with Gasteiger partial charge in [0.25, 0.3) is 15.9 Å². The van der Waals surface area contributed by atoms with Gasteiger partial charge in [-0.15, -0.1) is 6.58 Å². The molecule has 0 fully saturated rings. The topological polar surface area (TPSA) is 102 Å². The molecule has 152 valence electrons. The van der Waals surface area contributed by atoms with Gasteiger partial charge in [0.15, 0.2) is 6.10 Å². The van der Waals surface area contributed by atoms with Crippen molar-refractivity contribution >= 4 is 33.7 Å². The van der Waals surface area contributed by atoms with Crippen molar-refractivity contribution in [3.8, 4) is 0 Å². The Morgan fingerprint density at radius 1 is 1.10 bits per heavy atom. The minimum absolute atomic E-state index is 0.191. The van der Waals surface area contributed by atoms with Crippen molar-refractivity contribution in [1.29, 1.82) is 0 Å².